The Morgan fingerprint density at radius 3 is 2.45 bits per heavy atom. The average molecular weight is 451 g/mol. The molecule has 3 fully saturated rings. The minimum atomic E-state index is -1.23. The van der Waals surface area contributed by atoms with E-state index in [-0.39, 0.29) is 35.5 Å². The highest BCUT2D eigenvalue weighted by Crippen LogP contribution is 2.48. The molecule has 1 aromatic carbocycles. The van der Waals surface area contributed by atoms with E-state index in [1.807, 2.05) is 17.9 Å². The summed E-state index contributed by atoms with van der Waals surface area (Å²) in [5.74, 6) is -0.686. The summed E-state index contributed by atoms with van der Waals surface area (Å²) in [4.78, 5) is 47.0. The summed E-state index contributed by atoms with van der Waals surface area (Å²) in [7, 11) is 0. The molecule has 8 heteroatoms. The fraction of sp³-hybridized carbons (Fsp3) is 0.440. The van der Waals surface area contributed by atoms with Crippen molar-refractivity contribution < 1.29 is 18.8 Å². The molecule has 5 rings (SSSR count). The van der Waals surface area contributed by atoms with Gasteiger partial charge in [-0.2, -0.15) is 0 Å². The summed E-state index contributed by atoms with van der Waals surface area (Å²) in [5, 5.41) is 2.99. The first-order valence-corrected chi connectivity index (χ1v) is 11.4. The topological polar surface area (TPSA) is 82.6 Å². The highest BCUT2D eigenvalue weighted by molar-refractivity contribution is 6.07. The Morgan fingerprint density at radius 2 is 1.85 bits per heavy atom. The fourth-order valence-corrected chi connectivity index (χ4v) is 5.11. The lowest BCUT2D eigenvalue weighted by Crippen LogP contribution is -2.54. The maximum absolute atomic E-state index is 13.9. The van der Waals surface area contributed by atoms with Crippen LogP contribution in [0, 0.1) is 17.2 Å². The average Bonchev–Trinajstić information content (AvgIpc) is 3.54. The van der Waals surface area contributed by atoms with Crippen LogP contribution in [0.3, 0.4) is 0 Å². The summed E-state index contributed by atoms with van der Waals surface area (Å²) in [6.45, 7) is 3.18. The number of benzene rings is 1. The van der Waals surface area contributed by atoms with E-state index in [1.54, 1.807) is 30.6 Å². The molecule has 0 unspecified atom stereocenters. The van der Waals surface area contributed by atoms with Crippen LogP contribution >= 0.6 is 0 Å². The summed E-state index contributed by atoms with van der Waals surface area (Å²) in [6, 6.07) is 8.87. The Morgan fingerprint density at radius 1 is 1.15 bits per heavy atom. The number of imide groups is 1. The van der Waals surface area contributed by atoms with Crippen LogP contribution in [0.2, 0.25) is 0 Å². The lowest BCUT2D eigenvalue weighted by molar-refractivity contribution is -0.139. The largest absolute Gasteiger partial charge is 0.342 e. The highest BCUT2D eigenvalue weighted by Gasteiger charge is 2.58. The van der Waals surface area contributed by atoms with Crippen LogP contribution in [0.15, 0.2) is 48.8 Å². The van der Waals surface area contributed by atoms with Gasteiger partial charge >= 0.3 is 6.03 Å². The third kappa shape index (κ3) is 3.67. The van der Waals surface area contributed by atoms with Crippen LogP contribution in [0.5, 0.6) is 0 Å². The molecule has 1 N–H and O–H groups in total. The van der Waals surface area contributed by atoms with E-state index >= 15 is 0 Å². The van der Waals surface area contributed by atoms with Gasteiger partial charge in [0.05, 0.1) is 6.54 Å². The third-order valence-electron chi connectivity index (χ3n) is 7.41. The number of carbonyl (C=O) groups excluding carboxylic acids is 3. The number of hydrogen-bond donors (Lipinski definition) is 1. The molecule has 2 aromatic rings. The standard InChI is InChI=1S/C25H27FN4O3/c1-24(10-11-24)21(31)29-13-8-18(9-14-29)25(19-3-2-12-27-15-19)22(32)30(23(33)28-25)16-17-4-6-20(26)7-5-17/h2-7,12,15,18H,8-11,13-14,16H2,1H3,(H,28,33)/t25-/m1/s1. The van der Waals surface area contributed by atoms with Crippen molar-refractivity contribution in [2.75, 3.05) is 13.1 Å². The number of rotatable bonds is 5. The second-order valence-electron chi connectivity index (χ2n) is 9.62. The van der Waals surface area contributed by atoms with Gasteiger partial charge in [0.25, 0.3) is 5.91 Å². The minimum Gasteiger partial charge on any atom is -0.342 e. The number of pyridine rings is 1. The van der Waals surface area contributed by atoms with Gasteiger partial charge in [-0.05, 0) is 55.4 Å². The van der Waals surface area contributed by atoms with E-state index in [4.69, 9.17) is 0 Å². The smallest absolute Gasteiger partial charge is 0.325 e. The van der Waals surface area contributed by atoms with Gasteiger partial charge in [-0.25, -0.2) is 9.18 Å². The Labute approximate surface area is 192 Å². The second-order valence-corrected chi connectivity index (χ2v) is 9.62. The molecule has 3 aliphatic rings. The van der Waals surface area contributed by atoms with Gasteiger partial charge in [0.2, 0.25) is 5.91 Å². The third-order valence-corrected chi connectivity index (χ3v) is 7.41. The van der Waals surface area contributed by atoms with Crippen molar-refractivity contribution in [2.45, 2.75) is 44.7 Å². The number of amides is 4. The summed E-state index contributed by atoms with van der Waals surface area (Å²) in [5.41, 5.74) is -0.148. The molecule has 7 nitrogen and oxygen atoms in total. The lowest BCUT2D eigenvalue weighted by Gasteiger charge is -2.41. The maximum Gasteiger partial charge on any atom is 0.325 e. The predicted octanol–water partition coefficient (Wildman–Crippen LogP) is 3.21. The summed E-state index contributed by atoms with van der Waals surface area (Å²) >= 11 is 0. The molecule has 2 aliphatic heterocycles. The van der Waals surface area contributed by atoms with Gasteiger partial charge in [-0.3, -0.25) is 19.5 Å². The molecule has 2 saturated heterocycles. The van der Waals surface area contributed by atoms with E-state index in [1.165, 1.54) is 17.0 Å². The van der Waals surface area contributed by atoms with Crippen LogP contribution in [-0.2, 0) is 21.7 Å². The SMILES string of the molecule is CC1(C(=O)N2CCC([C@]3(c4cccnc4)NC(=O)N(Cc4ccc(F)cc4)C3=O)CC2)CC1. The van der Waals surface area contributed by atoms with E-state index in [2.05, 4.69) is 10.3 Å². The zero-order valence-corrected chi connectivity index (χ0v) is 18.6. The van der Waals surface area contributed by atoms with Gasteiger partial charge in [-0.1, -0.05) is 25.1 Å². The molecule has 33 heavy (non-hydrogen) atoms. The molecule has 1 aromatic heterocycles. The van der Waals surface area contributed by atoms with Crippen LogP contribution in [0.4, 0.5) is 9.18 Å². The second kappa shape index (κ2) is 7.93. The molecule has 1 atom stereocenters. The van der Waals surface area contributed by atoms with Crippen molar-refractivity contribution in [1.82, 2.24) is 20.1 Å². The minimum absolute atomic E-state index is 0.0582. The summed E-state index contributed by atoms with van der Waals surface area (Å²) in [6.07, 6.45) is 6.32. The predicted molar refractivity (Wildman–Crippen MR) is 118 cm³/mol. The number of urea groups is 1. The quantitative estimate of drug-likeness (QED) is 0.710. The first kappa shape index (κ1) is 21.6. The normalized spacial score (nSPS) is 24.7. The number of hydrogen-bond acceptors (Lipinski definition) is 4. The van der Waals surface area contributed by atoms with Crippen LogP contribution in [-0.4, -0.2) is 45.7 Å². The maximum atomic E-state index is 13.9. The van der Waals surface area contributed by atoms with Crippen LogP contribution in [0.1, 0.15) is 43.7 Å². The van der Waals surface area contributed by atoms with Gasteiger partial charge < -0.3 is 10.2 Å². The molecule has 0 spiro atoms. The van der Waals surface area contributed by atoms with E-state index in [9.17, 15) is 18.8 Å². The Kier molecular flexibility index (Phi) is 5.18. The number of aromatic nitrogens is 1. The van der Waals surface area contributed by atoms with E-state index < -0.39 is 11.6 Å². The van der Waals surface area contributed by atoms with Crippen molar-refractivity contribution in [3.63, 3.8) is 0 Å². The van der Waals surface area contributed by atoms with Crippen LogP contribution in [0.25, 0.3) is 0 Å². The molecule has 0 radical (unpaired) electrons. The molecule has 1 aliphatic carbocycles. The monoisotopic (exact) mass is 450 g/mol. The van der Waals surface area contributed by atoms with Crippen molar-refractivity contribution in [2.24, 2.45) is 11.3 Å². The molecule has 172 valence electrons. The molecular formula is C25H27FN4O3. The highest BCUT2D eigenvalue weighted by atomic mass is 19.1. The first-order chi connectivity index (χ1) is 15.8. The van der Waals surface area contributed by atoms with Crippen molar-refractivity contribution >= 4 is 17.8 Å². The molecule has 1 saturated carbocycles. The van der Waals surface area contributed by atoms with E-state index in [0.29, 0.717) is 37.1 Å². The van der Waals surface area contributed by atoms with Crippen molar-refractivity contribution in [3.8, 4) is 0 Å². The van der Waals surface area contributed by atoms with E-state index in [0.717, 1.165) is 12.8 Å². The van der Waals surface area contributed by atoms with Gasteiger partial charge in [0.15, 0.2) is 5.54 Å². The lowest BCUT2D eigenvalue weighted by atomic mass is 9.73. The molecular weight excluding hydrogens is 423 g/mol. The number of likely N-dealkylation sites (tertiary alicyclic amines) is 1. The van der Waals surface area contributed by atoms with Gasteiger partial charge in [0, 0.05) is 36.5 Å². The Bertz CT molecular complexity index is 1080. The zero-order valence-electron chi connectivity index (χ0n) is 18.6. The van der Waals surface area contributed by atoms with Gasteiger partial charge in [-0.15, -0.1) is 0 Å². The Balaban J connectivity index is 1.42. The number of nitrogens with one attached hydrogen (secondary N) is 1. The fourth-order valence-electron chi connectivity index (χ4n) is 5.11. The first-order valence-electron chi connectivity index (χ1n) is 11.4. The zero-order chi connectivity index (χ0) is 23.2. The Hall–Kier alpha value is -3.29. The molecule has 0 bridgehead atoms. The summed E-state index contributed by atoms with van der Waals surface area (Å²) < 4.78 is 13.3. The van der Waals surface area contributed by atoms with Crippen molar-refractivity contribution in [3.05, 3.63) is 65.7 Å². The van der Waals surface area contributed by atoms with Gasteiger partial charge in [0.1, 0.15) is 5.82 Å². The number of halogens is 1. The van der Waals surface area contributed by atoms with Crippen LogP contribution < -0.4 is 5.32 Å². The number of nitrogens with zero attached hydrogens (tertiary/aromatic N) is 3. The number of carbonyl (C=O) groups is 3. The molecule has 4 amide bonds. The van der Waals surface area contributed by atoms with Crippen molar-refractivity contribution in [1.29, 1.82) is 0 Å². The number of piperidine rings is 1. The molecule has 3 heterocycles.